The molecule has 7 nitrogen and oxygen atoms in total. The van der Waals surface area contributed by atoms with Gasteiger partial charge in [0.05, 0.1) is 12.1 Å². The van der Waals surface area contributed by atoms with E-state index in [4.69, 9.17) is 0 Å². The van der Waals surface area contributed by atoms with Gasteiger partial charge in [0, 0.05) is 31.1 Å². The molecule has 1 aromatic carbocycles. The lowest BCUT2D eigenvalue weighted by Crippen LogP contribution is -2.61. The molecule has 2 N–H and O–H groups in total. The third-order valence-electron chi connectivity index (χ3n) is 7.52. The molecular weight excluding hydrogens is 476 g/mol. The van der Waals surface area contributed by atoms with Gasteiger partial charge < -0.3 is 20.4 Å². The first-order chi connectivity index (χ1) is 17.4. The van der Waals surface area contributed by atoms with Crippen LogP contribution in [-0.2, 0) is 19.8 Å². The van der Waals surface area contributed by atoms with Crippen LogP contribution in [0.2, 0.25) is 0 Å². The standard InChI is InChI=1S/C31H52N4O3/c1-20(2)24(19-22(5)28(37)34(12)21(3)4)35(13)29(38)26(30(6,7)8)33-27(36)25(32-11)31(9,10)23-17-15-14-16-18-23/h14-21,24-26,32H,1-13H3,(H,33,36)/b22-19+/t24-,25-,26-/m1/s1. The highest BCUT2D eigenvalue weighted by atomic mass is 16.2. The van der Waals surface area contributed by atoms with Crippen molar-refractivity contribution in [3.8, 4) is 0 Å². The van der Waals surface area contributed by atoms with Crippen molar-refractivity contribution >= 4 is 17.7 Å². The van der Waals surface area contributed by atoms with Crippen LogP contribution in [0.25, 0.3) is 0 Å². The van der Waals surface area contributed by atoms with E-state index in [0.29, 0.717) is 5.57 Å². The van der Waals surface area contributed by atoms with Crippen LogP contribution in [0.1, 0.15) is 74.8 Å². The number of benzene rings is 1. The lowest BCUT2D eigenvalue weighted by atomic mass is 9.76. The number of hydrogen-bond acceptors (Lipinski definition) is 4. The maximum Gasteiger partial charge on any atom is 0.249 e. The number of rotatable bonds is 11. The molecule has 3 atom stereocenters. The number of nitrogens with one attached hydrogen (secondary N) is 2. The second-order valence-corrected chi connectivity index (χ2v) is 12.7. The van der Waals surface area contributed by atoms with E-state index >= 15 is 0 Å². The second kappa shape index (κ2) is 13.4. The predicted molar refractivity (Wildman–Crippen MR) is 157 cm³/mol. The highest BCUT2D eigenvalue weighted by molar-refractivity contribution is 5.93. The predicted octanol–water partition coefficient (Wildman–Crippen LogP) is 4.38. The molecule has 214 valence electrons. The zero-order valence-electron chi connectivity index (χ0n) is 26.0. The fourth-order valence-electron chi connectivity index (χ4n) is 4.67. The van der Waals surface area contributed by atoms with Crippen LogP contribution in [0.4, 0.5) is 0 Å². The normalized spacial score (nSPS) is 15.2. The van der Waals surface area contributed by atoms with Gasteiger partial charge in [0.15, 0.2) is 0 Å². The SMILES string of the molecule is CN[C@H](C(=O)N[C@H](C(=O)N(C)[C@H](/C=C(\C)C(=O)N(C)C(C)C)C(C)C)C(C)(C)C)C(C)(C)c1ccccc1. The van der Waals surface area contributed by atoms with Crippen molar-refractivity contribution < 1.29 is 14.4 Å². The van der Waals surface area contributed by atoms with E-state index in [-0.39, 0.29) is 35.7 Å². The lowest BCUT2D eigenvalue weighted by molar-refractivity contribution is -0.141. The van der Waals surface area contributed by atoms with Crippen molar-refractivity contribution in [2.24, 2.45) is 11.3 Å². The van der Waals surface area contributed by atoms with Crippen LogP contribution in [0.3, 0.4) is 0 Å². The summed E-state index contributed by atoms with van der Waals surface area (Å²) in [7, 11) is 5.30. The third-order valence-corrected chi connectivity index (χ3v) is 7.52. The van der Waals surface area contributed by atoms with E-state index in [1.165, 1.54) is 0 Å². The Morgan fingerprint density at radius 3 is 1.82 bits per heavy atom. The number of carbonyl (C=O) groups excluding carboxylic acids is 3. The molecule has 0 unspecified atom stereocenters. The molecule has 0 aliphatic rings. The number of likely N-dealkylation sites (N-methyl/N-ethyl adjacent to an activating group) is 3. The van der Waals surface area contributed by atoms with Crippen LogP contribution in [-0.4, -0.2) is 72.8 Å². The summed E-state index contributed by atoms with van der Waals surface area (Å²) in [5.74, 6) is -0.420. The molecule has 3 amide bonds. The molecule has 0 fully saturated rings. The Morgan fingerprint density at radius 2 is 1.39 bits per heavy atom. The van der Waals surface area contributed by atoms with E-state index in [1.807, 2.05) is 98.7 Å². The molecule has 38 heavy (non-hydrogen) atoms. The number of amides is 3. The maximum atomic E-state index is 14.0. The molecule has 0 saturated carbocycles. The number of carbonyl (C=O) groups is 3. The van der Waals surface area contributed by atoms with Crippen molar-refractivity contribution in [3.05, 3.63) is 47.5 Å². The first kappa shape index (κ1) is 33.4. The largest absolute Gasteiger partial charge is 0.342 e. The Kier molecular flexibility index (Phi) is 11.8. The highest BCUT2D eigenvalue weighted by Gasteiger charge is 2.41. The fraction of sp³-hybridized carbons (Fsp3) is 0.645. The minimum absolute atomic E-state index is 0.0628. The van der Waals surface area contributed by atoms with E-state index in [1.54, 1.807) is 37.9 Å². The summed E-state index contributed by atoms with van der Waals surface area (Å²) in [4.78, 5) is 43.9. The summed E-state index contributed by atoms with van der Waals surface area (Å²) >= 11 is 0. The van der Waals surface area contributed by atoms with E-state index in [9.17, 15) is 14.4 Å². The minimum atomic E-state index is -0.758. The summed E-state index contributed by atoms with van der Waals surface area (Å²) < 4.78 is 0. The van der Waals surface area contributed by atoms with Crippen molar-refractivity contribution in [1.82, 2.24) is 20.4 Å². The quantitative estimate of drug-likeness (QED) is 0.418. The summed E-state index contributed by atoms with van der Waals surface area (Å²) in [5, 5.41) is 6.26. The third kappa shape index (κ3) is 8.16. The molecule has 0 aromatic heterocycles. The van der Waals surface area contributed by atoms with Crippen LogP contribution < -0.4 is 10.6 Å². The summed E-state index contributed by atoms with van der Waals surface area (Å²) in [6.07, 6.45) is 1.88. The Balaban J connectivity index is 3.32. The number of nitrogens with zero attached hydrogens (tertiary/aromatic N) is 2. The maximum absolute atomic E-state index is 14.0. The fourth-order valence-corrected chi connectivity index (χ4v) is 4.67. The zero-order chi connectivity index (χ0) is 29.6. The van der Waals surface area contributed by atoms with Gasteiger partial charge in [-0.15, -0.1) is 0 Å². The summed E-state index contributed by atoms with van der Waals surface area (Å²) in [6, 6.07) is 8.35. The van der Waals surface area contributed by atoms with Gasteiger partial charge in [-0.05, 0) is 44.7 Å². The van der Waals surface area contributed by atoms with Gasteiger partial charge in [-0.1, -0.05) is 84.9 Å². The van der Waals surface area contributed by atoms with E-state index in [2.05, 4.69) is 10.6 Å². The average Bonchev–Trinajstić information content (AvgIpc) is 2.83. The van der Waals surface area contributed by atoms with Crippen LogP contribution in [0.15, 0.2) is 42.0 Å². The molecule has 1 aromatic rings. The van der Waals surface area contributed by atoms with Gasteiger partial charge >= 0.3 is 0 Å². The molecule has 1 rings (SSSR count). The molecule has 0 bridgehead atoms. The molecule has 0 spiro atoms. The Hall–Kier alpha value is -2.67. The highest BCUT2D eigenvalue weighted by Crippen LogP contribution is 2.29. The minimum Gasteiger partial charge on any atom is -0.342 e. The summed E-state index contributed by atoms with van der Waals surface area (Å²) in [5.41, 5.74) is 0.572. The van der Waals surface area contributed by atoms with Crippen LogP contribution in [0.5, 0.6) is 0 Å². The zero-order valence-corrected chi connectivity index (χ0v) is 26.0. The molecule has 0 radical (unpaired) electrons. The van der Waals surface area contributed by atoms with Gasteiger partial charge in [-0.3, -0.25) is 14.4 Å². The first-order valence-electron chi connectivity index (χ1n) is 13.6. The van der Waals surface area contributed by atoms with Crippen molar-refractivity contribution in [1.29, 1.82) is 0 Å². The molecule has 7 heteroatoms. The second-order valence-electron chi connectivity index (χ2n) is 12.7. The monoisotopic (exact) mass is 528 g/mol. The average molecular weight is 529 g/mol. The van der Waals surface area contributed by atoms with E-state index in [0.717, 1.165) is 5.56 Å². The van der Waals surface area contributed by atoms with Gasteiger partial charge in [0.2, 0.25) is 17.7 Å². The van der Waals surface area contributed by atoms with E-state index < -0.39 is 22.9 Å². The molecule has 0 saturated heterocycles. The van der Waals surface area contributed by atoms with Gasteiger partial charge in [-0.25, -0.2) is 0 Å². The lowest BCUT2D eigenvalue weighted by Gasteiger charge is -2.40. The topological polar surface area (TPSA) is 81.8 Å². The molecule has 0 aliphatic carbocycles. The van der Waals surface area contributed by atoms with Crippen molar-refractivity contribution in [3.63, 3.8) is 0 Å². The molecular formula is C31H52N4O3. The first-order valence-corrected chi connectivity index (χ1v) is 13.6. The summed E-state index contributed by atoms with van der Waals surface area (Å²) in [6.45, 7) is 19.7. The smallest absolute Gasteiger partial charge is 0.249 e. The van der Waals surface area contributed by atoms with Gasteiger partial charge in [-0.2, -0.15) is 0 Å². The number of hydrogen-bond donors (Lipinski definition) is 2. The Morgan fingerprint density at radius 1 is 0.868 bits per heavy atom. The Labute approximate surface area is 231 Å². The molecule has 0 heterocycles. The van der Waals surface area contributed by atoms with Crippen molar-refractivity contribution in [2.45, 2.75) is 98.8 Å². The van der Waals surface area contributed by atoms with Crippen molar-refractivity contribution in [2.75, 3.05) is 21.1 Å². The molecule has 0 aliphatic heterocycles. The van der Waals surface area contributed by atoms with Gasteiger partial charge in [0.1, 0.15) is 6.04 Å². The van der Waals surface area contributed by atoms with Crippen LogP contribution in [0, 0.1) is 11.3 Å². The van der Waals surface area contributed by atoms with Gasteiger partial charge in [0.25, 0.3) is 0 Å². The van der Waals surface area contributed by atoms with Crippen LogP contribution >= 0.6 is 0 Å². The Bertz CT molecular complexity index is 977.